The highest BCUT2D eigenvalue weighted by atomic mass is 15.3. The summed E-state index contributed by atoms with van der Waals surface area (Å²) in [5.41, 5.74) is 2.54. The van der Waals surface area contributed by atoms with Gasteiger partial charge < -0.3 is 10.7 Å². The number of rotatable bonds is 6. The molecule has 0 saturated heterocycles. The van der Waals surface area contributed by atoms with Crippen molar-refractivity contribution in [3.05, 3.63) is 11.9 Å². The minimum atomic E-state index is 0.650. The van der Waals surface area contributed by atoms with Crippen molar-refractivity contribution in [3.8, 4) is 0 Å². The second-order valence-corrected chi connectivity index (χ2v) is 4.34. The van der Waals surface area contributed by atoms with E-state index in [-0.39, 0.29) is 0 Å². The minimum absolute atomic E-state index is 0.650. The highest BCUT2D eigenvalue weighted by Gasteiger charge is 2.19. The van der Waals surface area contributed by atoms with E-state index >= 15 is 0 Å². The van der Waals surface area contributed by atoms with E-state index in [9.17, 15) is 0 Å². The summed E-state index contributed by atoms with van der Waals surface area (Å²) in [5.74, 6) is 8.53. The number of aromatic nitrogens is 2. The molecule has 88 valence electrons. The second kappa shape index (κ2) is 5.12. The van der Waals surface area contributed by atoms with Gasteiger partial charge in [-0.15, -0.1) is 0 Å². The first-order chi connectivity index (χ1) is 7.78. The Kier molecular flexibility index (Phi) is 3.56. The van der Waals surface area contributed by atoms with E-state index < -0.39 is 0 Å². The number of hydrogen-bond acceptors (Lipinski definition) is 5. The van der Waals surface area contributed by atoms with E-state index in [2.05, 4.69) is 20.7 Å². The summed E-state index contributed by atoms with van der Waals surface area (Å²) in [6.45, 7) is 2.83. The van der Waals surface area contributed by atoms with Crippen molar-refractivity contribution in [2.45, 2.75) is 32.6 Å². The molecule has 4 N–H and O–H groups in total. The third kappa shape index (κ3) is 3.34. The lowest BCUT2D eigenvalue weighted by Crippen LogP contribution is -2.11. The molecule has 0 bridgehead atoms. The van der Waals surface area contributed by atoms with Gasteiger partial charge in [0.05, 0.1) is 0 Å². The standard InChI is InChI=1S/C11H19N5/c1-8-14-10(7-11(15-8)16-12)13-6-2-3-9-4-5-9/h7,9H,2-6,12H2,1H3,(H2,13,14,15,16). The Bertz CT molecular complexity index is 348. The van der Waals surface area contributed by atoms with E-state index in [1.54, 1.807) is 0 Å². The molecular weight excluding hydrogens is 202 g/mol. The molecule has 1 aliphatic carbocycles. The molecule has 0 unspecified atom stereocenters. The summed E-state index contributed by atoms with van der Waals surface area (Å²) in [6, 6.07) is 1.82. The van der Waals surface area contributed by atoms with Gasteiger partial charge in [0.25, 0.3) is 0 Å². The monoisotopic (exact) mass is 221 g/mol. The van der Waals surface area contributed by atoms with Crippen LogP contribution in [-0.2, 0) is 0 Å². The fourth-order valence-electron chi connectivity index (χ4n) is 1.75. The van der Waals surface area contributed by atoms with Crippen LogP contribution in [0.4, 0.5) is 11.6 Å². The zero-order valence-corrected chi connectivity index (χ0v) is 9.66. The first-order valence-corrected chi connectivity index (χ1v) is 5.84. The normalized spacial score (nSPS) is 14.9. The van der Waals surface area contributed by atoms with E-state index in [4.69, 9.17) is 5.84 Å². The molecule has 1 aromatic heterocycles. The largest absolute Gasteiger partial charge is 0.370 e. The lowest BCUT2D eigenvalue weighted by Gasteiger charge is -2.07. The third-order valence-corrected chi connectivity index (χ3v) is 2.78. The molecule has 1 aromatic rings. The second-order valence-electron chi connectivity index (χ2n) is 4.34. The minimum Gasteiger partial charge on any atom is -0.370 e. The zero-order valence-electron chi connectivity index (χ0n) is 9.66. The molecule has 1 saturated carbocycles. The van der Waals surface area contributed by atoms with Crippen molar-refractivity contribution in [1.82, 2.24) is 9.97 Å². The number of aryl methyl sites for hydroxylation is 1. The molecule has 0 radical (unpaired) electrons. The predicted octanol–water partition coefficient (Wildman–Crippen LogP) is 1.67. The molecule has 0 aliphatic heterocycles. The van der Waals surface area contributed by atoms with Crippen LogP contribution >= 0.6 is 0 Å². The van der Waals surface area contributed by atoms with Crippen molar-refractivity contribution < 1.29 is 0 Å². The number of nitrogens with one attached hydrogen (secondary N) is 2. The van der Waals surface area contributed by atoms with Crippen LogP contribution in [-0.4, -0.2) is 16.5 Å². The molecule has 1 fully saturated rings. The summed E-state index contributed by atoms with van der Waals surface area (Å²) >= 11 is 0. The Morgan fingerprint density at radius 2 is 2.12 bits per heavy atom. The van der Waals surface area contributed by atoms with Gasteiger partial charge in [-0.3, -0.25) is 0 Å². The topological polar surface area (TPSA) is 75.9 Å². The molecule has 2 rings (SSSR count). The highest BCUT2D eigenvalue weighted by molar-refractivity contribution is 5.46. The Labute approximate surface area is 95.8 Å². The van der Waals surface area contributed by atoms with Gasteiger partial charge in [0, 0.05) is 12.6 Å². The molecule has 16 heavy (non-hydrogen) atoms. The van der Waals surface area contributed by atoms with Crippen LogP contribution in [0.5, 0.6) is 0 Å². The van der Waals surface area contributed by atoms with Crippen LogP contribution in [0, 0.1) is 12.8 Å². The summed E-state index contributed by atoms with van der Waals surface area (Å²) < 4.78 is 0. The van der Waals surface area contributed by atoms with Crippen molar-refractivity contribution in [2.75, 3.05) is 17.3 Å². The number of hydrogen-bond donors (Lipinski definition) is 3. The Morgan fingerprint density at radius 1 is 1.38 bits per heavy atom. The number of hydrazine groups is 1. The molecule has 0 atom stereocenters. The maximum atomic E-state index is 5.32. The first kappa shape index (κ1) is 11.1. The van der Waals surface area contributed by atoms with Crippen molar-refractivity contribution in [3.63, 3.8) is 0 Å². The van der Waals surface area contributed by atoms with Crippen LogP contribution < -0.4 is 16.6 Å². The van der Waals surface area contributed by atoms with E-state index in [1.807, 2.05) is 13.0 Å². The molecule has 5 nitrogen and oxygen atoms in total. The maximum absolute atomic E-state index is 5.32. The highest BCUT2D eigenvalue weighted by Crippen LogP contribution is 2.33. The van der Waals surface area contributed by atoms with Crippen molar-refractivity contribution >= 4 is 11.6 Å². The lowest BCUT2D eigenvalue weighted by molar-refractivity contribution is 0.686. The van der Waals surface area contributed by atoms with Gasteiger partial charge in [-0.2, -0.15) is 0 Å². The number of nitrogen functional groups attached to an aromatic ring is 1. The quantitative estimate of drug-likeness (QED) is 0.387. The average Bonchev–Trinajstić information content (AvgIpc) is 3.07. The van der Waals surface area contributed by atoms with Gasteiger partial charge in [0.1, 0.15) is 17.5 Å². The average molecular weight is 221 g/mol. The summed E-state index contributed by atoms with van der Waals surface area (Å²) in [5, 5.41) is 3.30. The van der Waals surface area contributed by atoms with Crippen LogP contribution in [0.25, 0.3) is 0 Å². The summed E-state index contributed by atoms with van der Waals surface area (Å²) in [7, 11) is 0. The molecular formula is C11H19N5. The van der Waals surface area contributed by atoms with Crippen LogP contribution in [0.3, 0.4) is 0 Å². The SMILES string of the molecule is Cc1nc(NN)cc(NCCCC2CC2)n1. The van der Waals surface area contributed by atoms with E-state index in [0.29, 0.717) is 5.82 Å². The van der Waals surface area contributed by atoms with Crippen LogP contribution in [0.15, 0.2) is 6.07 Å². The van der Waals surface area contributed by atoms with Gasteiger partial charge in [-0.25, -0.2) is 15.8 Å². The molecule has 0 amide bonds. The lowest BCUT2D eigenvalue weighted by atomic mass is 10.2. The molecule has 0 aromatic carbocycles. The molecule has 1 aliphatic rings. The fraction of sp³-hybridized carbons (Fsp3) is 0.636. The number of nitrogens with two attached hydrogens (primary N) is 1. The van der Waals surface area contributed by atoms with Crippen molar-refractivity contribution in [2.24, 2.45) is 11.8 Å². The summed E-state index contributed by atoms with van der Waals surface area (Å²) in [4.78, 5) is 8.43. The number of nitrogens with zero attached hydrogens (tertiary/aromatic N) is 2. The van der Waals surface area contributed by atoms with Gasteiger partial charge in [-0.1, -0.05) is 12.8 Å². The third-order valence-electron chi connectivity index (χ3n) is 2.78. The smallest absolute Gasteiger partial charge is 0.145 e. The Balaban J connectivity index is 1.80. The zero-order chi connectivity index (χ0) is 11.4. The molecule has 0 spiro atoms. The van der Waals surface area contributed by atoms with Gasteiger partial charge in [-0.05, 0) is 25.7 Å². The Morgan fingerprint density at radius 3 is 2.81 bits per heavy atom. The maximum Gasteiger partial charge on any atom is 0.145 e. The Hall–Kier alpha value is -1.36. The summed E-state index contributed by atoms with van der Waals surface area (Å²) in [6.07, 6.45) is 5.39. The van der Waals surface area contributed by atoms with Crippen molar-refractivity contribution in [1.29, 1.82) is 0 Å². The first-order valence-electron chi connectivity index (χ1n) is 5.84. The molecule has 5 heteroatoms. The van der Waals surface area contributed by atoms with Gasteiger partial charge in [0.2, 0.25) is 0 Å². The van der Waals surface area contributed by atoms with E-state index in [0.717, 1.165) is 24.1 Å². The van der Waals surface area contributed by atoms with Crippen LogP contribution in [0.2, 0.25) is 0 Å². The van der Waals surface area contributed by atoms with Crippen LogP contribution in [0.1, 0.15) is 31.5 Å². The fourth-order valence-corrected chi connectivity index (χ4v) is 1.75. The molecule has 1 heterocycles. The van der Waals surface area contributed by atoms with E-state index in [1.165, 1.54) is 25.7 Å². The number of anilines is 2. The predicted molar refractivity (Wildman–Crippen MR) is 65.0 cm³/mol. The van der Waals surface area contributed by atoms with Gasteiger partial charge in [0.15, 0.2) is 0 Å². The van der Waals surface area contributed by atoms with Gasteiger partial charge >= 0.3 is 0 Å².